The molecule has 0 radical (unpaired) electrons. The van der Waals surface area contributed by atoms with E-state index in [1.807, 2.05) is 18.2 Å². The molecule has 1 atom stereocenters. The number of phenolic OH excluding ortho intramolecular Hbond substituents is 1. The first-order valence-electron chi connectivity index (χ1n) is 6.86. The summed E-state index contributed by atoms with van der Waals surface area (Å²) < 4.78 is 0. The molecule has 1 unspecified atom stereocenters. The van der Waals surface area contributed by atoms with Crippen LogP contribution in [0.4, 0.5) is 0 Å². The number of aromatic hydroxyl groups is 1. The van der Waals surface area contributed by atoms with Crippen molar-refractivity contribution in [2.24, 2.45) is 0 Å². The Balaban J connectivity index is 1.80. The number of hydrogen-bond donors (Lipinski definition) is 2. The van der Waals surface area contributed by atoms with Crippen molar-refractivity contribution in [2.45, 2.75) is 18.9 Å². The minimum absolute atomic E-state index is 0.00202. The highest BCUT2D eigenvalue weighted by molar-refractivity contribution is 5.96. The van der Waals surface area contributed by atoms with Crippen LogP contribution in [0, 0.1) is 0 Å². The molecule has 2 N–H and O–H groups in total. The second-order valence-electron chi connectivity index (χ2n) is 5.15. The Labute approximate surface area is 122 Å². The summed E-state index contributed by atoms with van der Waals surface area (Å²) in [5.41, 5.74) is 2.91. The van der Waals surface area contributed by atoms with Crippen molar-refractivity contribution in [3.63, 3.8) is 0 Å². The maximum atomic E-state index is 12.3. The van der Waals surface area contributed by atoms with Gasteiger partial charge in [-0.1, -0.05) is 24.3 Å². The van der Waals surface area contributed by atoms with Crippen LogP contribution in [0.1, 0.15) is 44.3 Å². The molecule has 0 saturated carbocycles. The molecule has 0 aromatic heterocycles. The van der Waals surface area contributed by atoms with Gasteiger partial charge in [0, 0.05) is 5.56 Å². The summed E-state index contributed by atoms with van der Waals surface area (Å²) in [5, 5.41) is 12.5. The molecule has 106 valence electrons. The van der Waals surface area contributed by atoms with E-state index in [9.17, 15) is 14.7 Å². The molecule has 2 aromatic carbocycles. The molecule has 1 amide bonds. The Morgan fingerprint density at radius 1 is 1.24 bits per heavy atom. The molecule has 0 aliphatic heterocycles. The zero-order valence-corrected chi connectivity index (χ0v) is 11.4. The van der Waals surface area contributed by atoms with Gasteiger partial charge in [0.25, 0.3) is 5.91 Å². The third-order valence-corrected chi connectivity index (χ3v) is 3.85. The van der Waals surface area contributed by atoms with Crippen molar-refractivity contribution in [3.05, 3.63) is 64.7 Å². The zero-order chi connectivity index (χ0) is 14.8. The minimum Gasteiger partial charge on any atom is -0.507 e. The monoisotopic (exact) mass is 281 g/mol. The number of carbonyl (C=O) groups excluding carboxylic acids is 2. The van der Waals surface area contributed by atoms with Crippen molar-refractivity contribution in [3.8, 4) is 5.75 Å². The highest BCUT2D eigenvalue weighted by Crippen LogP contribution is 2.31. The first-order chi connectivity index (χ1) is 10.2. The fourth-order valence-electron chi connectivity index (χ4n) is 2.74. The van der Waals surface area contributed by atoms with E-state index < -0.39 is 0 Å². The Morgan fingerprint density at radius 3 is 2.86 bits per heavy atom. The molecule has 3 rings (SSSR count). The smallest absolute Gasteiger partial charge is 0.251 e. The highest BCUT2D eigenvalue weighted by Gasteiger charge is 2.23. The summed E-state index contributed by atoms with van der Waals surface area (Å²) in [5.74, 6) is -0.354. The minimum atomic E-state index is -0.236. The number of hydrogen-bond acceptors (Lipinski definition) is 3. The largest absolute Gasteiger partial charge is 0.507 e. The molecular formula is C17H15NO3. The number of aldehydes is 1. The lowest BCUT2D eigenvalue weighted by molar-refractivity contribution is 0.0936. The summed E-state index contributed by atoms with van der Waals surface area (Å²) >= 11 is 0. The van der Waals surface area contributed by atoms with Crippen LogP contribution in [0.3, 0.4) is 0 Å². The standard InChI is InChI=1S/C17H15NO3/c19-10-13-9-12(6-8-16(13)20)17(21)18-15-7-5-11-3-1-2-4-14(11)15/h1-4,6,8-10,15,20H,5,7H2,(H,18,21). The Kier molecular flexibility index (Phi) is 3.44. The van der Waals surface area contributed by atoms with Crippen LogP contribution < -0.4 is 5.32 Å². The summed E-state index contributed by atoms with van der Waals surface area (Å²) in [6.07, 6.45) is 2.37. The molecule has 0 spiro atoms. The third kappa shape index (κ3) is 2.52. The van der Waals surface area contributed by atoms with Gasteiger partial charge in [0.05, 0.1) is 11.6 Å². The predicted molar refractivity (Wildman–Crippen MR) is 78.5 cm³/mol. The van der Waals surface area contributed by atoms with Gasteiger partial charge in [-0.15, -0.1) is 0 Å². The van der Waals surface area contributed by atoms with E-state index in [1.54, 1.807) is 0 Å². The SMILES string of the molecule is O=Cc1cc(C(=O)NC2CCc3ccccc32)ccc1O. The number of benzene rings is 2. The molecule has 4 heteroatoms. The van der Waals surface area contributed by atoms with Crippen molar-refractivity contribution < 1.29 is 14.7 Å². The highest BCUT2D eigenvalue weighted by atomic mass is 16.3. The number of carbonyl (C=O) groups is 2. The number of nitrogens with one attached hydrogen (secondary N) is 1. The van der Waals surface area contributed by atoms with E-state index in [-0.39, 0.29) is 23.3 Å². The summed E-state index contributed by atoms with van der Waals surface area (Å²) in [7, 11) is 0. The number of amides is 1. The van der Waals surface area contributed by atoms with Crippen LogP contribution in [0.2, 0.25) is 0 Å². The van der Waals surface area contributed by atoms with Crippen LogP contribution in [-0.4, -0.2) is 17.3 Å². The van der Waals surface area contributed by atoms with Gasteiger partial charge >= 0.3 is 0 Å². The molecule has 1 aliphatic carbocycles. The molecule has 0 heterocycles. The fourth-order valence-corrected chi connectivity index (χ4v) is 2.74. The van der Waals surface area contributed by atoms with E-state index in [0.29, 0.717) is 11.8 Å². The second-order valence-corrected chi connectivity index (χ2v) is 5.15. The van der Waals surface area contributed by atoms with Crippen LogP contribution in [0.25, 0.3) is 0 Å². The van der Waals surface area contributed by atoms with E-state index in [4.69, 9.17) is 0 Å². The van der Waals surface area contributed by atoms with Gasteiger partial charge in [-0.05, 0) is 42.2 Å². The number of aryl methyl sites for hydroxylation is 1. The lowest BCUT2D eigenvalue weighted by Crippen LogP contribution is -2.27. The first-order valence-corrected chi connectivity index (χ1v) is 6.86. The van der Waals surface area contributed by atoms with Gasteiger partial charge in [-0.2, -0.15) is 0 Å². The number of fused-ring (bicyclic) bond motifs is 1. The van der Waals surface area contributed by atoms with Crippen molar-refractivity contribution in [1.29, 1.82) is 0 Å². The first kappa shape index (κ1) is 13.4. The number of phenols is 1. The maximum absolute atomic E-state index is 12.3. The summed E-state index contributed by atoms with van der Waals surface area (Å²) in [6, 6.07) is 12.3. The molecule has 0 saturated heterocycles. The van der Waals surface area contributed by atoms with Gasteiger partial charge in [-0.3, -0.25) is 9.59 Å². The quantitative estimate of drug-likeness (QED) is 0.850. The van der Waals surface area contributed by atoms with Crippen LogP contribution >= 0.6 is 0 Å². The van der Waals surface area contributed by atoms with Gasteiger partial charge in [0.2, 0.25) is 0 Å². The molecule has 1 aliphatic rings. The second kappa shape index (κ2) is 5.40. The normalized spacial score (nSPS) is 16.3. The van der Waals surface area contributed by atoms with Crippen molar-refractivity contribution >= 4 is 12.2 Å². The molecular weight excluding hydrogens is 266 g/mol. The van der Waals surface area contributed by atoms with E-state index in [1.165, 1.54) is 23.8 Å². The van der Waals surface area contributed by atoms with Crippen LogP contribution in [-0.2, 0) is 6.42 Å². The summed E-state index contributed by atoms with van der Waals surface area (Å²) in [4.78, 5) is 23.1. The summed E-state index contributed by atoms with van der Waals surface area (Å²) in [6.45, 7) is 0. The zero-order valence-electron chi connectivity index (χ0n) is 11.4. The Hall–Kier alpha value is -2.62. The van der Waals surface area contributed by atoms with Gasteiger partial charge in [-0.25, -0.2) is 0 Å². The molecule has 4 nitrogen and oxygen atoms in total. The lowest BCUT2D eigenvalue weighted by atomic mass is 10.1. The average Bonchev–Trinajstić information content (AvgIpc) is 2.91. The van der Waals surface area contributed by atoms with E-state index in [2.05, 4.69) is 11.4 Å². The fraction of sp³-hybridized carbons (Fsp3) is 0.176. The predicted octanol–water partition coefficient (Wildman–Crippen LogP) is 2.62. The van der Waals surface area contributed by atoms with E-state index in [0.717, 1.165) is 18.4 Å². The van der Waals surface area contributed by atoms with Crippen molar-refractivity contribution in [1.82, 2.24) is 5.32 Å². The molecule has 0 bridgehead atoms. The third-order valence-electron chi connectivity index (χ3n) is 3.85. The van der Waals surface area contributed by atoms with Gasteiger partial charge in [0.15, 0.2) is 6.29 Å². The Bertz CT molecular complexity index is 709. The topological polar surface area (TPSA) is 66.4 Å². The average molecular weight is 281 g/mol. The van der Waals surface area contributed by atoms with Crippen molar-refractivity contribution in [2.75, 3.05) is 0 Å². The van der Waals surface area contributed by atoms with Gasteiger partial charge < -0.3 is 10.4 Å². The number of rotatable bonds is 3. The van der Waals surface area contributed by atoms with Gasteiger partial charge in [0.1, 0.15) is 5.75 Å². The maximum Gasteiger partial charge on any atom is 0.251 e. The molecule has 0 fully saturated rings. The molecule has 2 aromatic rings. The lowest BCUT2D eigenvalue weighted by Gasteiger charge is -2.14. The van der Waals surface area contributed by atoms with Crippen LogP contribution in [0.5, 0.6) is 5.75 Å². The molecule has 21 heavy (non-hydrogen) atoms. The van der Waals surface area contributed by atoms with E-state index >= 15 is 0 Å². The Morgan fingerprint density at radius 2 is 2.05 bits per heavy atom. The van der Waals surface area contributed by atoms with Crippen LogP contribution in [0.15, 0.2) is 42.5 Å².